The molecule has 1 atom stereocenters. The zero-order valence-electron chi connectivity index (χ0n) is 21.7. The van der Waals surface area contributed by atoms with E-state index in [2.05, 4.69) is 9.98 Å². The van der Waals surface area contributed by atoms with Gasteiger partial charge in [0.25, 0.3) is 0 Å². The predicted octanol–water partition coefficient (Wildman–Crippen LogP) is -2.05. The van der Waals surface area contributed by atoms with E-state index in [-0.39, 0.29) is 95.7 Å². The average molecular weight is 722 g/mol. The molecular formula is C27H30N5O6STm-3. The molecule has 0 amide bonds. The van der Waals surface area contributed by atoms with Crippen LogP contribution in [0.15, 0.2) is 47.5 Å². The first-order valence-electron chi connectivity index (χ1n) is 12.5. The first kappa shape index (κ1) is 33.9. The van der Waals surface area contributed by atoms with Crippen molar-refractivity contribution in [3.05, 3.63) is 59.4 Å². The van der Waals surface area contributed by atoms with Crippen LogP contribution in [0.3, 0.4) is 0 Å². The second kappa shape index (κ2) is 17.5. The molecule has 1 aliphatic rings. The maximum absolute atomic E-state index is 12.3. The summed E-state index contributed by atoms with van der Waals surface area (Å²) in [4.78, 5) is 48.7. The molecule has 2 bridgehead atoms. The van der Waals surface area contributed by atoms with Crippen LogP contribution in [-0.4, -0.2) is 94.5 Å². The van der Waals surface area contributed by atoms with Gasteiger partial charge in [0.1, 0.15) is 0 Å². The first-order chi connectivity index (χ1) is 18.7. The molecule has 11 nitrogen and oxygen atoms in total. The van der Waals surface area contributed by atoms with Crippen molar-refractivity contribution in [3.8, 4) is 0 Å². The van der Waals surface area contributed by atoms with Crippen LogP contribution >= 0.6 is 12.2 Å². The molecule has 1 aliphatic heterocycles. The van der Waals surface area contributed by atoms with Crippen molar-refractivity contribution >= 4 is 47.4 Å². The zero-order valence-corrected chi connectivity index (χ0v) is 24.3. The third-order valence-electron chi connectivity index (χ3n) is 6.40. The number of thiocarbonyl (C=S) groups is 1. The average Bonchev–Trinajstić information content (AvgIpc) is 2.88. The molecule has 0 saturated carbocycles. The summed E-state index contributed by atoms with van der Waals surface area (Å²) in [5.41, 5.74) is 2.89. The van der Waals surface area contributed by atoms with Crippen molar-refractivity contribution in [1.29, 1.82) is 0 Å². The van der Waals surface area contributed by atoms with E-state index in [1.165, 1.54) is 11.6 Å². The summed E-state index contributed by atoms with van der Waals surface area (Å²) in [6, 6.07) is 11.8. The van der Waals surface area contributed by atoms with E-state index in [0.717, 1.165) is 11.3 Å². The number of carboxylic acids is 3. The fourth-order valence-electron chi connectivity index (χ4n) is 4.51. The largest absolute Gasteiger partial charge is 0.549 e. The van der Waals surface area contributed by atoms with Crippen molar-refractivity contribution in [2.45, 2.75) is 32.0 Å². The molecule has 2 heterocycles. The monoisotopic (exact) mass is 721 g/mol. The number of rotatable bonds is 11. The molecular weight excluding hydrogens is 691 g/mol. The van der Waals surface area contributed by atoms with Gasteiger partial charge < -0.3 is 29.7 Å². The molecule has 1 aromatic heterocycles. The molecule has 221 valence electrons. The van der Waals surface area contributed by atoms with E-state index >= 15 is 0 Å². The maximum Gasteiger partial charge on any atom is 0.0630 e. The van der Waals surface area contributed by atoms with Gasteiger partial charge in [-0.05, 0) is 42.7 Å². The molecule has 40 heavy (non-hydrogen) atoms. The molecule has 1 radical (unpaired) electrons. The summed E-state index contributed by atoms with van der Waals surface area (Å²) >= 11 is 4.74. The minimum absolute atomic E-state index is 0. The van der Waals surface area contributed by atoms with Crippen molar-refractivity contribution in [2.75, 3.05) is 39.3 Å². The molecule has 1 unspecified atom stereocenters. The fourth-order valence-corrected chi connectivity index (χ4v) is 4.57. The third-order valence-corrected chi connectivity index (χ3v) is 6.52. The number of carbonyl (C=O) groups excluding carboxylic acids is 3. The molecule has 1 aromatic carbocycles. The Balaban J connectivity index is 0.00000560. The van der Waals surface area contributed by atoms with Gasteiger partial charge in [-0.2, -0.15) is 0 Å². The number of aryl methyl sites for hydroxylation is 1. The normalized spacial score (nSPS) is 16.3. The SMILES string of the molecule is O=C([O-])CN1CCN(CC(=O)[O-])Cc2cccc(n2)CN(C(CCc2ccc(N=CC=S)cc2)C(=O)[O-])CC1.[Tm]. The van der Waals surface area contributed by atoms with Gasteiger partial charge in [0.05, 0.1) is 41.0 Å². The number of aromatic nitrogens is 1. The molecule has 0 aliphatic carbocycles. The molecule has 3 rings (SSSR count). The molecule has 2 aromatic rings. The molecule has 0 N–H and O–H groups in total. The Kier molecular flexibility index (Phi) is 14.8. The Morgan fingerprint density at radius 1 is 0.900 bits per heavy atom. The van der Waals surface area contributed by atoms with Crippen LogP contribution < -0.4 is 15.3 Å². The van der Waals surface area contributed by atoms with Crippen LogP contribution in [0.2, 0.25) is 0 Å². The van der Waals surface area contributed by atoms with Crippen LogP contribution in [0.1, 0.15) is 23.4 Å². The van der Waals surface area contributed by atoms with E-state index in [1.54, 1.807) is 32.9 Å². The number of carboxylic acid groups (broad SMARTS) is 3. The fraction of sp³-hybridized carbons (Fsp3) is 0.407. The van der Waals surface area contributed by atoms with Crippen LogP contribution in [0.4, 0.5) is 5.69 Å². The first-order valence-corrected chi connectivity index (χ1v) is 13.0. The van der Waals surface area contributed by atoms with Gasteiger partial charge in [-0.15, -0.1) is 0 Å². The summed E-state index contributed by atoms with van der Waals surface area (Å²) < 4.78 is 0. The number of hydrogen-bond acceptors (Lipinski definition) is 12. The number of fused-ring (bicyclic) bond motifs is 2. The molecule has 0 spiro atoms. The van der Waals surface area contributed by atoms with E-state index in [1.807, 2.05) is 24.3 Å². The van der Waals surface area contributed by atoms with Crippen molar-refractivity contribution in [3.63, 3.8) is 0 Å². The Labute approximate surface area is 267 Å². The summed E-state index contributed by atoms with van der Waals surface area (Å²) in [7, 11) is 0. The minimum atomic E-state index is -1.28. The van der Waals surface area contributed by atoms with Gasteiger partial charge in [-0.3, -0.25) is 24.7 Å². The molecule has 0 saturated heterocycles. The third kappa shape index (κ3) is 11.6. The summed E-state index contributed by atoms with van der Waals surface area (Å²) in [6.07, 6.45) is 2.26. The Hall–Kier alpha value is -2.35. The van der Waals surface area contributed by atoms with E-state index in [4.69, 9.17) is 12.2 Å². The Bertz CT molecular complexity index is 1180. The quantitative estimate of drug-likeness (QED) is 0.186. The summed E-state index contributed by atoms with van der Waals surface area (Å²) in [5, 5.41) is 36.4. The Morgan fingerprint density at radius 3 is 2.12 bits per heavy atom. The van der Waals surface area contributed by atoms with Crippen LogP contribution in [-0.2, 0) is 33.9 Å². The molecule has 0 fully saturated rings. The van der Waals surface area contributed by atoms with Crippen LogP contribution in [0, 0.1) is 36.9 Å². The van der Waals surface area contributed by atoms with Gasteiger partial charge >= 0.3 is 0 Å². The van der Waals surface area contributed by atoms with E-state index in [0.29, 0.717) is 17.8 Å². The molecule has 13 heteroatoms. The smallest absolute Gasteiger partial charge is 0.0630 e. The number of aliphatic carboxylic acids is 3. The van der Waals surface area contributed by atoms with Crippen molar-refractivity contribution in [1.82, 2.24) is 19.7 Å². The number of pyridine rings is 1. The van der Waals surface area contributed by atoms with E-state index in [9.17, 15) is 29.7 Å². The number of carbonyl (C=O) groups is 3. The second-order valence-corrected chi connectivity index (χ2v) is 9.55. The van der Waals surface area contributed by atoms with Crippen LogP contribution in [0.25, 0.3) is 0 Å². The number of nitrogens with zero attached hydrogens (tertiary/aromatic N) is 5. The van der Waals surface area contributed by atoms with Gasteiger partial charge in [0, 0.05) is 101 Å². The number of hydrogen-bond donors (Lipinski definition) is 0. The topological polar surface area (TPSA) is 155 Å². The van der Waals surface area contributed by atoms with Crippen LogP contribution in [0.5, 0.6) is 0 Å². The van der Waals surface area contributed by atoms with E-state index < -0.39 is 23.9 Å². The summed E-state index contributed by atoms with van der Waals surface area (Å²) in [6.45, 7) is 0.651. The standard InChI is InChI=1S/C27H33N5O6S.Tm/c33-25(34)18-30-11-12-31(19-26(35)36)16-22-2-1-3-23(29-22)17-32(14-13-30)24(27(37)38)9-6-20-4-7-21(8-5-20)28-10-15-39;/h1-5,7-8,10,15,24H,6,9,11-14,16-19H2,(H,33,34)(H,35,36)(H,37,38);/p-3. The zero-order chi connectivity index (χ0) is 28.2. The van der Waals surface area contributed by atoms with Crippen molar-refractivity contribution < 1.29 is 66.6 Å². The maximum atomic E-state index is 12.3. The van der Waals surface area contributed by atoms with Gasteiger partial charge in [0.2, 0.25) is 0 Å². The minimum Gasteiger partial charge on any atom is -0.549 e. The Morgan fingerprint density at radius 2 is 1.50 bits per heavy atom. The van der Waals surface area contributed by atoms with Gasteiger partial charge in [-0.1, -0.05) is 30.4 Å². The second-order valence-electron chi connectivity index (χ2n) is 9.28. The van der Waals surface area contributed by atoms with Gasteiger partial charge in [-0.25, -0.2) is 0 Å². The number of benzene rings is 1. The van der Waals surface area contributed by atoms with Crippen molar-refractivity contribution in [2.24, 2.45) is 4.99 Å². The number of aliphatic imine (C=N–C) groups is 1. The summed E-state index contributed by atoms with van der Waals surface area (Å²) in [5.74, 6) is -3.75. The predicted molar refractivity (Wildman–Crippen MR) is 142 cm³/mol. The van der Waals surface area contributed by atoms with Gasteiger partial charge in [0.15, 0.2) is 0 Å².